The van der Waals surface area contributed by atoms with Gasteiger partial charge in [-0.15, -0.1) is 0 Å². The number of carbonyl (C=O) groups excluding carboxylic acids is 2. The molecular formula is C96H179N5O11S2. The third-order valence-corrected chi connectivity index (χ3v) is 25.8. The Morgan fingerprint density at radius 1 is 0.351 bits per heavy atom. The van der Waals surface area contributed by atoms with E-state index in [0.717, 1.165) is 123 Å². The first kappa shape index (κ1) is 107. The van der Waals surface area contributed by atoms with Crippen LogP contribution >= 0.6 is 11.8 Å². The molecule has 0 aromatic rings. The second-order valence-corrected chi connectivity index (χ2v) is 36.5. The van der Waals surface area contributed by atoms with Gasteiger partial charge in [0.15, 0.2) is 6.40 Å². The van der Waals surface area contributed by atoms with Crippen LogP contribution in [0.1, 0.15) is 369 Å². The molecule has 6 aliphatic carbocycles. The first-order chi connectivity index (χ1) is 54.8. The molecule has 17 aliphatic heterocycles. The van der Waals surface area contributed by atoms with Crippen molar-refractivity contribution in [1.29, 1.82) is 0 Å². The Hall–Kier alpha value is -2.78. The van der Waals surface area contributed by atoms with Crippen molar-refractivity contribution in [1.82, 2.24) is 14.7 Å². The SMILES string of the molecule is C.C.C.C1=CC2C=CC1O2.C1=CCCC1.C1=CCCCC1.C1=NCCC1.C1=NCCO1.C1CC2CCC1O2.C1CCCC1.C1CCCCC1.C1CCCCC1.C1CCN2CCCCC2C1.C1CCOC1.C1CCOCC1.C1CCSC1.C1CN2CCN1CC2.C1CO1.O=C1CCCCC1.O=C1CCCO1.O=S1(=O)CCCCCC1. The van der Waals surface area contributed by atoms with E-state index in [9.17, 15) is 18.0 Å². The van der Waals surface area contributed by atoms with Gasteiger partial charge < -0.3 is 38.1 Å². The molecule has 13 saturated heterocycles. The van der Waals surface area contributed by atoms with Gasteiger partial charge in [-0.3, -0.25) is 29.4 Å². The molecule has 0 unspecified atom stereocenters. The number of hydrogen-bond acceptors (Lipinski definition) is 17. The summed E-state index contributed by atoms with van der Waals surface area (Å²) in [5, 5.41) is 0. The standard InChI is InChI=1S/C9H17N.C6H12N2.C6H12O2S.C6H10O.C6H6O.C6H10O.2C6H12.C6H10.C5H10O.C5H10.C5H8.C4H7N.C4H6O2.C4H8O.C4H8S.C3H5NO.C2H4O.3CH4/c1-3-7-10-8-4-2-6-9(10)5-1;1-2-8-5-3-7(1)4-6-8;7-9(8)5-3-1-2-4-6-9;2*1-2-6-4-3-5(1)7-6;7-6-4-2-1-3-5-6;4*1-2-4-6-5-3-1;3*1-2-4-5-3-1;5-4-2-1-3-6-4;2*1-2-4-5-3-1;1-2-5-3-4-1;1-2-3-1;;;/h9H,1-8H2;1-6H2;1-6H2;5-6H,1-4H2;1-6H;1-5H2;2*1-6H2;1-2H,3-6H2;1-5H2;1-5H2;1-2H,3-5H2;3H,1-2,4H2;1-3H2;2*1-4H2;3H,1-2H2;1-2H2;3*1H4. The van der Waals surface area contributed by atoms with Crippen LogP contribution in [0.25, 0.3) is 0 Å². The number of esters is 1. The zero-order valence-corrected chi connectivity index (χ0v) is 72.6. The number of sulfone groups is 1. The molecule has 666 valence electrons. The molecule has 0 radical (unpaired) electrons. The molecule has 4 saturated carbocycles. The van der Waals surface area contributed by atoms with Crippen molar-refractivity contribution >= 4 is 46.0 Å². The molecular weight excluding hydrogens is 1460 g/mol. The number of rotatable bonds is 0. The van der Waals surface area contributed by atoms with Crippen LogP contribution in [0.2, 0.25) is 0 Å². The van der Waals surface area contributed by atoms with Crippen LogP contribution < -0.4 is 0 Å². The first-order valence-corrected chi connectivity index (χ1v) is 49.7. The summed E-state index contributed by atoms with van der Waals surface area (Å²) < 4.78 is 56.1. The van der Waals surface area contributed by atoms with Gasteiger partial charge in [0, 0.05) is 97.5 Å². The fraction of sp³-hybridized carbons (Fsp3) is 0.875. The molecule has 0 spiro atoms. The fourth-order valence-electron chi connectivity index (χ4n) is 15.7. The van der Waals surface area contributed by atoms with Gasteiger partial charge >= 0.3 is 5.97 Å². The van der Waals surface area contributed by atoms with Gasteiger partial charge in [0.2, 0.25) is 0 Å². The molecule has 0 aromatic carbocycles. The van der Waals surface area contributed by atoms with Crippen molar-refractivity contribution in [2.75, 3.05) is 141 Å². The molecule has 114 heavy (non-hydrogen) atoms. The summed E-state index contributed by atoms with van der Waals surface area (Å²) in [6.45, 7) is 20.0. The number of aliphatic imine (C=N–C) groups is 2. The molecule has 23 aliphatic rings. The van der Waals surface area contributed by atoms with Crippen LogP contribution in [0.5, 0.6) is 0 Å². The highest BCUT2D eigenvalue weighted by Gasteiger charge is 2.32. The van der Waals surface area contributed by atoms with Crippen LogP contribution in [0, 0.1) is 0 Å². The molecule has 6 bridgehead atoms. The third kappa shape index (κ3) is 66.0. The Labute approximate surface area is 707 Å². The van der Waals surface area contributed by atoms with E-state index in [4.69, 9.17) is 18.9 Å². The topological polar surface area (TPSA) is 171 Å². The van der Waals surface area contributed by atoms with Crippen molar-refractivity contribution in [2.24, 2.45) is 9.98 Å². The quantitative estimate of drug-likeness (QED) is 0.127. The minimum absolute atomic E-state index is 0. The van der Waals surface area contributed by atoms with E-state index in [1.165, 1.54) is 353 Å². The fourth-order valence-corrected chi connectivity index (χ4v) is 18.2. The number of thioether (sulfide) groups is 1. The summed E-state index contributed by atoms with van der Waals surface area (Å²) in [6, 6.07) is 0.988. The number of epoxide rings is 1. The number of ether oxygens (including phenoxy) is 7. The van der Waals surface area contributed by atoms with E-state index < -0.39 is 9.84 Å². The summed E-state index contributed by atoms with van der Waals surface area (Å²) in [4.78, 5) is 36.0. The van der Waals surface area contributed by atoms with E-state index in [1.54, 1.807) is 0 Å². The average molecular weight is 1640 g/mol. The third-order valence-electron chi connectivity index (χ3n) is 22.8. The molecule has 0 N–H and O–H groups in total. The molecule has 0 atom stereocenters. The number of piperidine rings is 2. The van der Waals surface area contributed by atoms with Crippen LogP contribution in [0.4, 0.5) is 0 Å². The zero-order valence-electron chi connectivity index (χ0n) is 70.9. The van der Waals surface area contributed by atoms with E-state index in [0.29, 0.717) is 54.7 Å². The second-order valence-electron chi connectivity index (χ2n) is 32.9. The maximum absolute atomic E-state index is 10.9. The van der Waals surface area contributed by atoms with Crippen molar-refractivity contribution in [3.8, 4) is 0 Å². The summed E-state index contributed by atoms with van der Waals surface area (Å²) in [5.74, 6) is 4.10. The molecule has 0 aromatic heterocycles. The normalized spacial score (nSPS) is 27.4. The minimum Gasteiger partial charge on any atom is -0.482 e. The molecule has 23 rings (SSSR count). The number of hydrogen-bond donors (Lipinski definition) is 0. The van der Waals surface area contributed by atoms with Gasteiger partial charge in [0.1, 0.15) is 22.2 Å². The number of Topliss-reactive ketones (excluding diaryl/α,β-unsaturated/α-hetero) is 1. The van der Waals surface area contributed by atoms with Gasteiger partial charge in [0.05, 0.1) is 62.3 Å². The zero-order chi connectivity index (χ0) is 78.2. The maximum atomic E-state index is 10.9. The van der Waals surface area contributed by atoms with Gasteiger partial charge in [-0.2, -0.15) is 11.8 Å². The largest absolute Gasteiger partial charge is 0.482 e. The van der Waals surface area contributed by atoms with Gasteiger partial charge in [-0.1, -0.05) is 212 Å². The predicted molar refractivity (Wildman–Crippen MR) is 489 cm³/mol. The van der Waals surface area contributed by atoms with Crippen LogP contribution in [0.3, 0.4) is 0 Å². The van der Waals surface area contributed by atoms with E-state index >= 15 is 0 Å². The summed E-state index contributed by atoms with van der Waals surface area (Å²) >= 11 is 2.07. The molecule has 17 heterocycles. The highest BCUT2D eigenvalue weighted by molar-refractivity contribution is 7.99. The average Bonchev–Trinajstić information content (AvgIpc) is 1.79. The van der Waals surface area contributed by atoms with E-state index in [2.05, 4.69) is 99.3 Å². The number of ketones is 1. The Morgan fingerprint density at radius 2 is 0.763 bits per heavy atom. The predicted octanol–water partition coefficient (Wildman–Crippen LogP) is 23.5. The van der Waals surface area contributed by atoms with Crippen molar-refractivity contribution in [2.45, 2.75) is 399 Å². The number of allylic oxidation sites excluding steroid dienone is 4. The molecule has 16 nitrogen and oxygen atoms in total. The molecule has 18 heteroatoms. The van der Waals surface area contributed by atoms with Gasteiger partial charge in [0.25, 0.3) is 0 Å². The maximum Gasteiger partial charge on any atom is 0.305 e. The summed E-state index contributed by atoms with van der Waals surface area (Å²) in [7, 11) is -2.62. The van der Waals surface area contributed by atoms with Crippen LogP contribution in [-0.2, 0) is 52.6 Å². The van der Waals surface area contributed by atoms with E-state index in [-0.39, 0.29) is 28.2 Å². The monoisotopic (exact) mass is 1640 g/mol. The lowest BCUT2D eigenvalue weighted by atomic mass is 9.93. The Morgan fingerprint density at radius 3 is 0.965 bits per heavy atom. The lowest BCUT2D eigenvalue weighted by Gasteiger charge is -2.41. The Bertz CT molecular complexity index is 2130. The summed E-state index contributed by atoms with van der Waals surface area (Å²) in [6.07, 6.45) is 94.6. The van der Waals surface area contributed by atoms with Gasteiger partial charge in [-0.25, -0.2) is 8.42 Å². The second kappa shape index (κ2) is 78.7. The van der Waals surface area contributed by atoms with Crippen LogP contribution in [-0.4, -0.2) is 219 Å². The minimum atomic E-state index is -2.62. The number of carbonyl (C=O) groups is 2. The Balaban J connectivity index is 0.000000411. The number of cyclic esters (lactones) is 1. The number of nitrogens with zero attached hydrogens (tertiary/aromatic N) is 5. The number of fused-ring (bicyclic) bond motifs is 8. The molecule has 0 amide bonds. The van der Waals surface area contributed by atoms with Crippen molar-refractivity contribution in [3.05, 3.63) is 48.6 Å². The van der Waals surface area contributed by atoms with E-state index in [1.807, 2.05) is 6.21 Å². The smallest absolute Gasteiger partial charge is 0.305 e. The Kier molecular flexibility index (Phi) is 74.1. The highest BCUT2D eigenvalue weighted by Crippen LogP contribution is 2.33. The summed E-state index contributed by atoms with van der Waals surface area (Å²) in [5.41, 5.74) is 0. The lowest BCUT2D eigenvalue weighted by Crippen LogP contribution is -2.55. The van der Waals surface area contributed by atoms with Crippen molar-refractivity contribution in [3.63, 3.8) is 0 Å². The van der Waals surface area contributed by atoms with Crippen molar-refractivity contribution < 1.29 is 51.2 Å². The number of piperazine rings is 3. The molecule has 17 fully saturated rings. The first-order valence-electron chi connectivity index (χ1n) is 46.7. The van der Waals surface area contributed by atoms with Crippen LogP contribution in [0.15, 0.2) is 58.6 Å². The van der Waals surface area contributed by atoms with Gasteiger partial charge in [-0.05, 0) is 217 Å². The highest BCUT2D eigenvalue weighted by atomic mass is 32.2. The lowest BCUT2D eigenvalue weighted by molar-refractivity contribution is -0.138.